The van der Waals surface area contributed by atoms with Crippen molar-refractivity contribution in [3.63, 3.8) is 0 Å². The molecule has 16 heavy (non-hydrogen) atoms. The summed E-state index contributed by atoms with van der Waals surface area (Å²) in [5, 5.41) is 2.58. The lowest BCUT2D eigenvalue weighted by Gasteiger charge is -2.24. The average molecular weight is 228 g/mol. The molecule has 0 aromatic rings. The van der Waals surface area contributed by atoms with Gasteiger partial charge < -0.3 is 10.1 Å². The van der Waals surface area contributed by atoms with E-state index in [0.29, 0.717) is 12.6 Å². The van der Waals surface area contributed by atoms with Gasteiger partial charge in [-0.15, -0.1) is 0 Å². The van der Waals surface area contributed by atoms with Gasteiger partial charge >= 0.3 is 11.9 Å². The number of esters is 1. The molecule has 1 aliphatic carbocycles. The lowest BCUT2D eigenvalue weighted by Crippen LogP contribution is -2.43. The Hall–Kier alpha value is -1.10. The fraction of sp³-hybridized carbons (Fsp3) is 0.818. The van der Waals surface area contributed by atoms with Crippen LogP contribution in [0.15, 0.2) is 0 Å². The van der Waals surface area contributed by atoms with Gasteiger partial charge in [0, 0.05) is 18.6 Å². The van der Waals surface area contributed by atoms with Crippen LogP contribution in [0.25, 0.3) is 0 Å². The van der Waals surface area contributed by atoms with E-state index in [1.807, 2.05) is 14.0 Å². The van der Waals surface area contributed by atoms with E-state index >= 15 is 0 Å². The van der Waals surface area contributed by atoms with Crippen LogP contribution in [-0.2, 0) is 14.3 Å². The van der Waals surface area contributed by atoms with Crippen molar-refractivity contribution in [3.05, 3.63) is 0 Å². The lowest BCUT2D eigenvalue weighted by molar-refractivity contribution is -0.154. The molecule has 0 heterocycles. The summed E-state index contributed by atoms with van der Waals surface area (Å²) in [6.07, 6.45) is 2.46. The molecule has 1 fully saturated rings. The van der Waals surface area contributed by atoms with E-state index in [2.05, 4.69) is 15.0 Å². The van der Waals surface area contributed by atoms with Crippen LogP contribution in [0, 0.1) is 0 Å². The lowest BCUT2D eigenvalue weighted by atomic mass is 10.3. The predicted octanol–water partition coefficient (Wildman–Crippen LogP) is 0.148. The van der Waals surface area contributed by atoms with Crippen molar-refractivity contribution in [1.29, 1.82) is 0 Å². The summed E-state index contributed by atoms with van der Waals surface area (Å²) in [5.74, 6) is -1.46. The maximum Gasteiger partial charge on any atom is 0.396 e. The third kappa shape index (κ3) is 3.81. The molecule has 1 saturated carbocycles. The van der Waals surface area contributed by atoms with Crippen LogP contribution in [0.5, 0.6) is 0 Å². The molecule has 1 N–H and O–H groups in total. The van der Waals surface area contributed by atoms with E-state index in [0.717, 1.165) is 0 Å². The molecule has 1 aliphatic rings. The molecule has 0 bridgehead atoms. The minimum atomic E-state index is -0.802. The van der Waals surface area contributed by atoms with Gasteiger partial charge in [0.15, 0.2) is 0 Å². The molecule has 0 saturated heterocycles. The summed E-state index contributed by atoms with van der Waals surface area (Å²) >= 11 is 0. The number of amides is 1. The van der Waals surface area contributed by atoms with Gasteiger partial charge in [-0.05, 0) is 33.7 Å². The molecule has 5 nitrogen and oxygen atoms in total. The fourth-order valence-electron chi connectivity index (χ4n) is 1.49. The summed E-state index contributed by atoms with van der Waals surface area (Å²) in [5.41, 5.74) is 0. The molecule has 1 rings (SSSR count). The van der Waals surface area contributed by atoms with Gasteiger partial charge in [0.2, 0.25) is 0 Å². The van der Waals surface area contributed by atoms with Crippen LogP contribution in [0.2, 0.25) is 0 Å². The van der Waals surface area contributed by atoms with Crippen molar-refractivity contribution < 1.29 is 14.3 Å². The largest absolute Gasteiger partial charge is 0.459 e. The van der Waals surface area contributed by atoms with Crippen LogP contribution in [0.4, 0.5) is 0 Å². The zero-order chi connectivity index (χ0) is 12.1. The van der Waals surface area contributed by atoms with E-state index in [9.17, 15) is 9.59 Å². The van der Waals surface area contributed by atoms with Gasteiger partial charge in [-0.2, -0.15) is 0 Å². The standard InChI is InChI=1S/C11H20N2O3/c1-4-16-11(15)10(14)12-7-8(2)13(3)9-5-6-9/h8-9H,4-7H2,1-3H3,(H,12,14). The van der Waals surface area contributed by atoms with Gasteiger partial charge in [0.1, 0.15) is 0 Å². The summed E-state index contributed by atoms with van der Waals surface area (Å²) in [6, 6.07) is 0.889. The van der Waals surface area contributed by atoms with Crippen molar-refractivity contribution in [2.45, 2.75) is 38.8 Å². The van der Waals surface area contributed by atoms with Crippen molar-refractivity contribution in [2.75, 3.05) is 20.2 Å². The Labute approximate surface area is 96.1 Å². The third-order valence-corrected chi connectivity index (χ3v) is 2.84. The van der Waals surface area contributed by atoms with Crippen molar-refractivity contribution in [1.82, 2.24) is 10.2 Å². The quantitative estimate of drug-likeness (QED) is 0.537. The molecular weight excluding hydrogens is 208 g/mol. The molecule has 0 spiro atoms. The van der Waals surface area contributed by atoms with Crippen molar-refractivity contribution in [3.8, 4) is 0 Å². The Morgan fingerprint density at radius 2 is 2.12 bits per heavy atom. The third-order valence-electron chi connectivity index (χ3n) is 2.84. The molecule has 0 radical (unpaired) electrons. The number of ether oxygens (including phenoxy) is 1. The first-order valence-electron chi connectivity index (χ1n) is 5.73. The summed E-state index contributed by atoms with van der Waals surface area (Å²) in [4.78, 5) is 24.5. The highest BCUT2D eigenvalue weighted by atomic mass is 16.5. The number of nitrogens with zero attached hydrogens (tertiary/aromatic N) is 1. The Bertz CT molecular complexity index is 264. The number of likely N-dealkylation sites (N-methyl/N-ethyl adjacent to an activating group) is 1. The monoisotopic (exact) mass is 228 g/mol. The Morgan fingerprint density at radius 3 is 2.62 bits per heavy atom. The van der Waals surface area contributed by atoms with Crippen LogP contribution in [0.3, 0.4) is 0 Å². The molecular formula is C11H20N2O3. The highest BCUT2D eigenvalue weighted by Gasteiger charge is 2.29. The Balaban J connectivity index is 2.22. The van der Waals surface area contributed by atoms with Gasteiger partial charge in [-0.25, -0.2) is 4.79 Å². The maximum absolute atomic E-state index is 11.2. The van der Waals surface area contributed by atoms with Gasteiger partial charge in [0.25, 0.3) is 0 Å². The minimum absolute atomic E-state index is 0.226. The van der Waals surface area contributed by atoms with E-state index in [4.69, 9.17) is 0 Å². The molecule has 0 aromatic heterocycles. The number of hydrogen-bond acceptors (Lipinski definition) is 4. The Morgan fingerprint density at radius 1 is 1.50 bits per heavy atom. The molecule has 92 valence electrons. The van der Waals surface area contributed by atoms with E-state index in [1.165, 1.54) is 12.8 Å². The first kappa shape index (κ1) is 13.0. The highest BCUT2D eigenvalue weighted by molar-refractivity contribution is 6.32. The fourth-order valence-corrected chi connectivity index (χ4v) is 1.49. The maximum atomic E-state index is 11.2. The van der Waals surface area contributed by atoms with Crippen LogP contribution in [-0.4, -0.2) is 49.1 Å². The smallest absolute Gasteiger partial charge is 0.396 e. The highest BCUT2D eigenvalue weighted by Crippen LogP contribution is 2.26. The second kappa shape index (κ2) is 5.84. The summed E-state index contributed by atoms with van der Waals surface area (Å²) in [6.45, 7) is 4.41. The molecule has 5 heteroatoms. The predicted molar refractivity (Wildman–Crippen MR) is 59.9 cm³/mol. The first-order valence-corrected chi connectivity index (χ1v) is 5.73. The van der Waals surface area contributed by atoms with E-state index in [1.54, 1.807) is 6.92 Å². The second-order valence-corrected chi connectivity index (χ2v) is 4.18. The van der Waals surface area contributed by atoms with Crippen LogP contribution < -0.4 is 5.32 Å². The molecule has 1 amide bonds. The second-order valence-electron chi connectivity index (χ2n) is 4.18. The van der Waals surface area contributed by atoms with Crippen LogP contribution in [0.1, 0.15) is 26.7 Å². The molecule has 0 aromatic carbocycles. The number of nitrogens with one attached hydrogen (secondary N) is 1. The first-order chi connectivity index (χ1) is 7.56. The van der Waals surface area contributed by atoms with Crippen molar-refractivity contribution >= 4 is 11.9 Å². The van der Waals surface area contributed by atoms with Gasteiger partial charge in [0.05, 0.1) is 6.61 Å². The van der Waals surface area contributed by atoms with Gasteiger partial charge in [-0.3, -0.25) is 9.69 Å². The molecule has 1 atom stereocenters. The number of carbonyl (C=O) groups is 2. The molecule has 0 aliphatic heterocycles. The number of carbonyl (C=O) groups excluding carboxylic acids is 2. The minimum Gasteiger partial charge on any atom is -0.459 e. The molecule has 1 unspecified atom stereocenters. The Kier molecular flexibility index (Phi) is 4.73. The SMILES string of the molecule is CCOC(=O)C(=O)NCC(C)N(C)C1CC1. The van der Waals surface area contributed by atoms with Crippen LogP contribution >= 0.6 is 0 Å². The van der Waals surface area contributed by atoms with Gasteiger partial charge in [-0.1, -0.05) is 0 Å². The normalized spacial score (nSPS) is 17.0. The van der Waals surface area contributed by atoms with E-state index in [-0.39, 0.29) is 12.6 Å². The van der Waals surface area contributed by atoms with E-state index < -0.39 is 11.9 Å². The average Bonchev–Trinajstić information content (AvgIpc) is 3.08. The number of rotatable bonds is 5. The topological polar surface area (TPSA) is 58.6 Å². The zero-order valence-electron chi connectivity index (χ0n) is 10.2. The zero-order valence-corrected chi connectivity index (χ0v) is 10.2. The summed E-state index contributed by atoms with van der Waals surface area (Å²) < 4.78 is 4.59. The number of hydrogen-bond donors (Lipinski definition) is 1. The van der Waals surface area contributed by atoms with Crippen molar-refractivity contribution in [2.24, 2.45) is 0 Å². The summed E-state index contributed by atoms with van der Waals surface area (Å²) in [7, 11) is 2.04.